The summed E-state index contributed by atoms with van der Waals surface area (Å²) in [5, 5.41) is 7.29. The molecule has 2 aromatic heterocycles. The molecule has 0 saturated heterocycles. The van der Waals surface area contributed by atoms with E-state index in [9.17, 15) is 22.4 Å². The van der Waals surface area contributed by atoms with E-state index in [2.05, 4.69) is 10.2 Å². The number of carbonyl (C=O) groups is 1. The average Bonchev–Trinajstić information content (AvgIpc) is 3.25. The molecule has 30 heavy (non-hydrogen) atoms. The van der Waals surface area contributed by atoms with Gasteiger partial charge in [-0.05, 0) is 44.0 Å². The molecule has 11 heteroatoms. The van der Waals surface area contributed by atoms with E-state index >= 15 is 0 Å². The molecule has 1 aliphatic heterocycles. The van der Waals surface area contributed by atoms with Gasteiger partial charge in [-0.15, -0.1) is 0 Å². The first-order chi connectivity index (χ1) is 14.2. The molecule has 1 amide bonds. The van der Waals surface area contributed by atoms with Crippen molar-refractivity contribution < 1.29 is 22.4 Å². The molecule has 3 aromatic rings. The standard InChI is InChI=1S/C19H16ClF4N5O/c1-11-17(20)18(19(22,23)24)26-28(11)10-16(30)27-8-2-3-14-15(27)9-25-29(14)13-6-4-12(21)5-7-13/h4-7,9H,2-3,8,10H2,1H3. The molecule has 1 aliphatic rings. The van der Waals surface area contributed by atoms with Crippen molar-refractivity contribution in [3.05, 3.63) is 58.4 Å². The summed E-state index contributed by atoms with van der Waals surface area (Å²) in [6, 6.07) is 5.80. The number of amides is 1. The van der Waals surface area contributed by atoms with Crippen molar-refractivity contribution in [2.75, 3.05) is 11.4 Å². The lowest BCUT2D eigenvalue weighted by molar-refractivity contribution is -0.141. The highest BCUT2D eigenvalue weighted by Crippen LogP contribution is 2.35. The Kier molecular flexibility index (Phi) is 5.05. The van der Waals surface area contributed by atoms with Crippen molar-refractivity contribution >= 4 is 23.2 Å². The summed E-state index contributed by atoms with van der Waals surface area (Å²) < 4.78 is 54.9. The molecule has 0 unspecified atom stereocenters. The Morgan fingerprint density at radius 3 is 2.57 bits per heavy atom. The van der Waals surface area contributed by atoms with Crippen LogP contribution in [0.25, 0.3) is 5.69 Å². The number of hydrogen-bond donors (Lipinski definition) is 0. The maximum atomic E-state index is 13.2. The minimum Gasteiger partial charge on any atom is -0.308 e. The van der Waals surface area contributed by atoms with Crippen molar-refractivity contribution in [2.24, 2.45) is 0 Å². The second kappa shape index (κ2) is 7.42. The summed E-state index contributed by atoms with van der Waals surface area (Å²) in [6.45, 7) is 1.40. The lowest BCUT2D eigenvalue weighted by Gasteiger charge is -2.27. The fourth-order valence-electron chi connectivity index (χ4n) is 3.49. The van der Waals surface area contributed by atoms with Crippen LogP contribution in [0.2, 0.25) is 5.02 Å². The third-order valence-corrected chi connectivity index (χ3v) is 5.44. The van der Waals surface area contributed by atoms with Gasteiger partial charge < -0.3 is 4.90 Å². The Labute approximate surface area is 173 Å². The van der Waals surface area contributed by atoms with Crippen molar-refractivity contribution in [3.8, 4) is 5.69 Å². The molecule has 6 nitrogen and oxygen atoms in total. The third-order valence-electron chi connectivity index (χ3n) is 4.99. The van der Waals surface area contributed by atoms with Gasteiger partial charge in [0.05, 0.1) is 34.0 Å². The first-order valence-electron chi connectivity index (χ1n) is 9.10. The second-order valence-corrected chi connectivity index (χ2v) is 7.30. The summed E-state index contributed by atoms with van der Waals surface area (Å²) in [5.74, 6) is -0.798. The van der Waals surface area contributed by atoms with Gasteiger partial charge in [0.25, 0.3) is 0 Å². The summed E-state index contributed by atoms with van der Waals surface area (Å²) in [5.41, 5.74) is 0.848. The van der Waals surface area contributed by atoms with E-state index in [-0.39, 0.29) is 18.1 Å². The molecular weight excluding hydrogens is 426 g/mol. The Hall–Kier alpha value is -2.88. The van der Waals surface area contributed by atoms with Gasteiger partial charge in [-0.3, -0.25) is 9.48 Å². The van der Waals surface area contributed by atoms with Crippen LogP contribution in [-0.2, 0) is 23.9 Å². The number of nitrogens with zero attached hydrogens (tertiary/aromatic N) is 5. The van der Waals surface area contributed by atoms with Crippen molar-refractivity contribution in [1.82, 2.24) is 19.6 Å². The largest absolute Gasteiger partial charge is 0.436 e. The number of rotatable bonds is 3. The number of halogens is 5. The van der Waals surface area contributed by atoms with Gasteiger partial charge in [0.2, 0.25) is 5.91 Å². The topological polar surface area (TPSA) is 56.0 Å². The van der Waals surface area contributed by atoms with Crippen molar-refractivity contribution in [3.63, 3.8) is 0 Å². The van der Waals surface area contributed by atoms with Crippen LogP contribution in [0.1, 0.15) is 23.5 Å². The Balaban J connectivity index is 1.62. The van der Waals surface area contributed by atoms with Gasteiger partial charge in [0.15, 0.2) is 5.69 Å². The number of fused-ring (bicyclic) bond motifs is 1. The van der Waals surface area contributed by atoms with E-state index in [4.69, 9.17) is 11.6 Å². The lowest BCUT2D eigenvalue weighted by Crippen LogP contribution is -2.38. The smallest absolute Gasteiger partial charge is 0.308 e. The Bertz CT molecular complexity index is 1100. The minimum absolute atomic E-state index is 0.0663. The van der Waals surface area contributed by atoms with E-state index in [1.54, 1.807) is 16.8 Å². The van der Waals surface area contributed by atoms with Crippen molar-refractivity contribution in [1.29, 1.82) is 0 Å². The van der Waals surface area contributed by atoms with Crippen LogP contribution in [0.3, 0.4) is 0 Å². The zero-order valence-electron chi connectivity index (χ0n) is 15.7. The number of benzene rings is 1. The molecule has 0 radical (unpaired) electrons. The highest BCUT2D eigenvalue weighted by atomic mass is 35.5. The lowest BCUT2D eigenvalue weighted by atomic mass is 10.1. The monoisotopic (exact) mass is 441 g/mol. The fourth-order valence-corrected chi connectivity index (χ4v) is 3.73. The zero-order chi connectivity index (χ0) is 21.6. The van der Waals surface area contributed by atoms with Crippen molar-refractivity contribution in [2.45, 2.75) is 32.5 Å². The maximum Gasteiger partial charge on any atom is 0.436 e. The zero-order valence-corrected chi connectivity index (χ0v) is 16.5. The molecule has 0 spiro atoms. The molecule has 3 heterocycles. The van der Waals surface area contributed by atoms with E-state index < -0.39 is 22.8 Å². The predicted octanol–water partition coefficient (Wildman–Crippen LogP) is 4.17. The first-order valence-corrected chi connectivity index (χ1v) is 9.48. The van der Waals surface area contributed by atoms with Gasteiger partial charge in [-0.1, -0.05) is 11.6 Å². The molecule has 1 aromatic carbocycles. The van der Waals surface area contributed by atoms with Crippen LogP contribution in [0.15, 0.2) is 30.5 Å². The van der Waals surface area contributed by atoms with E-state index in [0.717, 1.165) is 10.4 Å². The van der Waals surface area contributed by atoms with Crippen LogP contribution in [0.5, 0.6) is 0 Å². The molecule has 0 saturated carbocycles. The number of carbonyl (C=O) groups excluding carboxylic acids is 1. The van der Waals surface area contributed by atoms with Crippen LogP contribution in [0, 0.1) is 12.7 Å². The molecule has 0 atom stereocenters. The first kappa shape index (κ1) is 20.4. The highest BCUT2D eigenvalue weighted by Gasteiger charge is 2.38. The highest BCUT2D eigenvalue weighted by molar-refractivity contribution is 6.32. The van der Waals surface area contributed by atoms with Gasteiger partial charge in [0, 0.05) is 6.54 Å². The molecule has 158 valence electrons. The van der Waals surface area contributed by atoms with Crippen LogP contribution < -0.4 is 4.90 Å². The summed E-state index contributed by atoms with van der Waals surface area (Å²) >= 11 is 5.76. The van der Waals surface area contributed by atoms with E-state index in [1.807, 2.05) is 0 Å². The van der Waals surface area contributed by atoms with Crippen LogP contribution >= 0.6 is 11.6 Å². The molecule has 0 aliphatic carbocycles. The van der Waals surface area contributed by atoms with Gasteiger partial charge in [-0.2, -0.15) is 23.4 Å². The van der Waals surface area contributed by atoms with E-state index in [0.29, 0.717) is 30.8 Å². The molecule has 0 bridgehead atoms. The minimum atomic E-state index is -4.70. The number of anilines is 1. The Morgan fingerprint density at radius 1 is 1.23 bits per heavy atom. The second-order valence-electron chi connectivity index (χ2n) is 6.92. The summed E-state index contributed by atoms with van der Waals surface area (Å²) in [6.07, 6.45) is -1.87. The maximum absolute atomic E-state index is 13.2. The van der Waals surface area contributed by atoms with E-state index in [1.165, 1.54) is 30.2 Å². The fraction of sp³-hybridized carbons (Fsp3) is 0.316. The van der Waals surface area contributed by atoms with Gasteiger partial charge >= 0.3 is 6.18 Å². The number of hydrogen-bond acceptors (Lipinski definition) is 3. The molecule has 0 N–H and O–H groups in total. The van der Waals surface area contributed by atoms with Gasteiger partial charge in [0.1, 0.15) is 12.4 Å². The number of aromatic nitrogens is 4. The third kappa shape index (κ3) is 3.55. The summed E-state index contributed by atoms with van der Waals surface area (Å²) in [7, 11) is 0. The van der Waals surface area contributed by atoms with Crippen LogP contribution in [0.4, 0.5) is 23.2 Å². The number of alkyl halides is 3. The quantitative estimate of drug-likeness (QED) is 0.573. The normalized spacial score (nSPS) is 14.1. The summed E-state index contributed by atoms with van der Waals surface area (Å²) in [4.78, 5) is 14.4. The molecule has 0 fully saturated rings. The molecule has 4 rings (SSSR count). The molecular formula is C19H16ClF4N5O. The predicted molar refractivity (Wildman–Crippen MR) is 101 cm³/mol. The SMILES string of the molecule is Cc1c(Cl)c(C(F)(F)F)nn1CC(=O)N1CCCc2c1cnn2-c1ccc(F)cc1. The Morgan fingerprint density at radius 2 is 1.93 bits per heavy atom. The van der Waals surface area contributed by atoms with Crippen LogP contribution in [-0.4, -0.2) is 32.0 Å². The van der Waals surface area contributed by atoms with Gasteiger partial charge in [-0.25, -0.2) is 9.07 Å². The average molecular weight is 442 g/mol.